The monoisotopic (exact) mass is 566 g/mol. The van der Waals surface area contributed by atoms with Gasteiger partial charge in [-0.15, -0.1) is 11.8 Å². The molecular formula is C29H28ClFN4O3S. The van der Waals surface area contributed by atoms with Crippen LogP contribution in [0.2, 0.25) is 5.02 Å². The van der Waals surface area contributed by atoms with Crippen LogP contribution < -0.4 is 10.2 Å². The Morgan fingerprint density at radius 2 is 1.97 bits per heavy atom. The van der Waals surface area contributed by atoms with Crippen LogP contribution >= 0.6 is 23.4 Å². The maximum atomic E-state index is 14.4. The summed E-state index contributed by atoms with van der Waals surface area (Å²) >= 11 is 8.02. The van der Waals surface area contributed by atoms with E-state index in [0.29, 0.717) is 27.9 Å². The van der Waals surface area contributed by atoms with Gasteiger partial charge >= 0.3 is 0 Å². The standard InChI is InChI=1S/C29H28ClFN4O3S/c1-29(2,3)27-25-26(18-8-6-9-19(31)14-18)39-17-24(37)34(16-23(36)32-15-20-10-7-13-38-20)28(25)35(33-27)22-12-5-4-11-21(22)30/h4-14,26H,15-17H2,1-3H3,(H,32,36)/t26-/m1/s1. The third-order valence-corrected chi connectivity index (χ3v) is 7.95. The molecule has 4 aromatic rings. The van der Waals surface area contributed by atoms with Crippen molar-refractivity contribution in [1.29, 1.82) is 0 Å². The molecule has 1 N–H and O–H groups in total. The molecule has 0 fully saturated rings. The minimum Gasteiger partial charge on any atom is -0.467 e. The molecule has 0 aliphatic carbocycles. The van der Waals surface area contributed by atoms with Crippen LogP contribution in [0.25, 0.3) is 5.69 Å². The molecule has 3 heterocycles. The van der Waals surface area contributed by atoms with Gasteiger partial charge in [-0.05, 0) is 42.0 Å². The minimum absolute atomic E-state index is 0.0907. The zero-order valence-electron chi connectivity index (χ0n) is 21.8. The first-order valence-corrected chi connectivity index (χ1v) is 13.9. The Bertz CT molecular complexity index is 1510. The Balaban J connectivity index is 1.69. The summed E-state index contributed by atoms with van der Waals surface area (Å²) in [6.45, 7) is 6.06. The fourth-order valence-electron chi connectivity index (χ4n) is 4.60. The number of nitrogens with one attached hydrogen (secondary N) is 1. The smallest absolute Gasteiger partial charge is 0.240 e. The molecule has 2 aromatic carbocycles. The Morgan fingerprint density at radius 1 is 1.18 bits per heavy atom. The van der Waals surface area contributed by atoms with Gasteiger partial charge < -0.3 is 9.73 Å². The zero-order valence-corrected chi connectivity index (χ0v) is 23.4. The summed E-state index contributed by atoms with van der Waals surface area (Å²) in [5, 5.41) is 7.86. The fourth-order valence-corrected chi connectivity index (χ4v) is 6.00. The molecule has 7 nitrogen and oxygen atoms in total. The number of carbonyl (C=O) groups is 2. The number of carbonyl (C=O) groups excluding carboxylic acids is 2. The van der Waals surface area contributed by atoms with Crippen molar-refractivity contribution in [2.45, 2.75) is 38.0 Å². The molecule has 0 bridgehead atoms. The van der Waals surface area contributed by atoms with Crippen molar-refractivity contribution < 1.29 is 18.4 Å². The van der Waals surface area contributed by atoms with Gasteiger partial charge in [0.05, 0.1) is 40.2 Å². The highest BCUT2D eigenvalue weighted by Gasteiger charge is 2.40. The van der Waals surface area contributed by atoms with E-state index < -0.39 is 10.7 Å². The molecule has 1 aliphatic heterocycles. The predicted octanol–water partition coefficient (Wildman–Crippen LogP) is 6.04. The van der Waals surface area contributed by atoms with Crippen molar-refractivity contribution in [1.82, 2.24) is 15.1 Å². The van der Waals surface area contributed by atoms with E-state index in [1.807, 2.05) is 45.0 Å². The summed E-state index contributed by atoms with van der Waals surface area (Å²) in [4.78, 5) is 28.3. The summed E-state index contributed by atoms with van der Waals surface area (Å²) in [7, 11) is 0. The summed E-state index contributed by atoms with van der Waals surface area (Å²) in [6, 6.07) is 17.1. The number of anilines is 1. The van der Waals surface area contributed by atoms with Crippen molar-refractivity contribution >= 4 is 41.0 Å². The topological polar surface area (TPSA) is 80.4 Å². The molecule has 1 atom stereocenters. The van der Waals surface area contributed by atoms with Crippen molar-refractivity contribution in [2.24, 2.45) is 0 Å². The number of para-hydroxylation sites is 1. The highest BCUT2D eigenvalue weighted by atomic mass is 35.5. The van der Waals surface area contributed by atoms with Crippen LogP contribution in [-0.2, 0) is 21.5 Å². The van der Waals surface area contributed by atoms with Gasteiger partial charge in [0.1, 0.15) is 23.9 Å². The number of hydrogen-bond acceptors (Lipinski definition) is 5. The van der Waals surface area contributed by atoms with Gasteiger partial charge in [-0.3, -0.25) is 14.5 Å². The van der Waals surface area contributed by atoms with Crippen molar-refractivity contribution in [3.8, 4) is 5.69 Å². The number of hydrogen-bond donors (Lipinski definition) is 1. The molecule has 0 unspecified atom stereocenters. The third kappa shape index (κ3) is 5.60. The van der Waals surface area contributed by atoms with E-state index in [0.717, 1.165) is 11.3 Å². The number of rotatable bonds is 6. The highest BCUT2D eigenvalue weighted by molar-refractivity contribution is 8.00. The number of furan rings is 1. The molecule has 202 valence electrons. The fraction of sp³-hybridized carbons (Fsp3) is 0.276. The first-order chi connectivity index (χ1) is 18.6. The second-order valence-electron chi connectivity index (χ2n) is 10.3. The van der Waals surface area contributed by atoms with E-state index in [1.54, 1.807) is 28.9 Å². The number of halogens is 2. The van der Waals surface area contributed by atoms with Crippen molar-refractivity contribution in [2.75, 3.05) is 17.2 Å². The number of thioether (sulfide) groups is 1. The van der Waals surface area contributed by atoms with Crippen LogP contribution in [0.15, 0.2) is 71.3 Å². The molecule has 0 saturated carbocycles. The Kier molecular flexibility index (Phi) is 7.55. The molecule has 5 rings (SSSR count). The number of amides is 2. The maximum Gasteiger partial charge on any atom is 0.240 e. The summed E-state index contributed by atoms with van der Waals surface area (Å²) in [5.74, 6) is 0.156. The van der Waals surface area contributed by atoms with Crippen LogP contribution in [0.5, 0.6) is 0 Å². The van der Waals surface area contributed by atoms with Gasteiger partial charge in [-0.1, -0.05) is 56.6 Å². The first-order valence-electron chi connectivity index (χ1n) is 12.5. The Hall–Kier alpha value is -3.56. The lowest BCUT2D eigenvalue weighted by atomic mass is 9.87. The van der Waals surface area contributed by atoms with E-state index in [4.69, 9.17) is 21.1 Å². The lowest BCUT2D eigenvalue weighted by Crippen LogP contribution is -2.42. The van der Waals surface area contributed by atoms with Gasteiger partial charge in [-0.25, -0.2) is 9.07 Å². The van der Waals surface area contributed by atoms with Crippen LogP contribution in [-0.4, -0.2) is 33.9 Å². The lowest BCUT2D eigenvalue weighted by molar-refractivity contribution is -0.123. The number of benzene rings is 2. The number of fused-ring (bicyclic) bond motifs is 1. The second-order valence-corrected chi connectivity index (χ2v) is 11.8. The van der Waals surface area contributed by atoms with Crippen molar-refractivity contribution in [3.63, 3.8) is 0 Å². The second kappa shape index (κ2) is 10.9. The zero-order chi connectivity index (χ0) is 27.7. The van der Waals surface area contributed by atoms with E-state index >= 15 is 0 Å². The van der Waals surface area contributed by atoms with Crippen molar-refractivity contribution in [3.05, 3.63) is 100 Å². The maximum absolute atomic E-state index is 14.4. The molecular weight excluding hydrogens is 539 g/mol. The van der Waals surface area contributed by atoms with E-state index in [9.17, 15) is 14.0 Å². The molecule has 0 saturated heterocycles. The molecule has 0 radical (unpaired) electrons. The van der Waals surface area contributed by atoms with Gasteiger partial charge in [0, 0.05) is 11.0 Å². The van der Waals surface area contributed by atoms with E-state index in [1.165, 1.54) is 35.1 Å². The Labute approximate surface area is 235 Å². The molecule has 2 amide bonds. The molecule has 1 aliphatic rings. The van der Waals surface area contributed by atoms with Gasteiger partial charge in [0.15, 0.2) is 0 Å². The SMILES string of the molecule is CC(C)(C)c1nn(-c2ccccc2Cl)c2c1[C@@H](c1cccc(F)c1)SCC(=O)N2CC(=O)NCc1ccco1. The molecule has 39 heavy (non-hydrogen) atoms. The largest absolute Gasteiger partial charge is 0.467 e. The Morgan fingerprint density at radius 3 is 2.67 bits per heavy atom. The van der Waals surface area contributed by atoms with Gasteiger partial charge in [-0.2, -0.15) is 5.10 Å². The van der Waals surface area contributed by atoms with Crippen LogP contribution in [0, 0.1) is 5.82 Å². The quantitative estimate of drug-likeness (QED) is 0.308. The first kappa shape index (κ1) is 27.0. The van der Waals surface area contributed by atoms with Crippen LogP contribution in [0.3, 0.4) is 0 Å². The molecule has 2 aromatic heterocycles. The predicted molar refractivity (Wildman–Crippen MR) is 151 cm³/mol. The molecule has 0 spiro atoms. The van der Waals surface area contributed by atoms with Gasteiger partial charge in [0.2, 0.25) is 11.8 Å². The normalized spacial score (nSPS) is 15.7. The summed E-state index contributed by atoms with van der Waals surface area (Å²) in [6.07, 6.45) is 1.53. The van der Waals surface area contributed by atoms with E-state index in [-0.39, 0.29) is 36.5 Å². The number of nitrogens with zero attached hydrogens (tertiary/aromatic N) is 3. The number of aromatic nitrogens is 2. The van der Waals surface area contributed by atoms with E-state index in [2.05, 4.69) is 5.32 Å². The molecule has 10 heteroatoms. The average molecular weight is 567 g/mol. The summed E-state index contributed by atoms with van der Waals surface area (Å²) < 4.78 is 21.4. The third-order valence-electron chi connectivity index (χ3n) is 6.37. The lowest BCUT2D eigenvalue weighted by Gasteiger charge is -2.24. The minimum atomic E-state index is -0.441. The van der Waals surface area contributed by atoms with Crippen LogP contribution in [0.1, 0.15) is 48.6 Å². The highest BCUT2D eigenvalue weighted by Crippen LogP contribution is 2.48. The average Bonchev–Trinajstić information content (AvgIpc) is 3.52. The van der Waals surface area contributed by atoms with Crippen LogP contribution in [0.4, 0.5) is 10.2 Å². The summed E-state index contributed by atoms with van der Waals surface area (Å²) in [5.41, 5.74) is 2.33. The van der Waals surface area contributed by atoms with Gasteiger partial charge in [0.25, 0.3) is 0 Å².